The summed E-state index contributed by atoms with van der Waals surface area (Å²) in [6.45, 7) is 6.50. The first-order valence-electron chi connectivity index (χ1n) is 5.22. The summed E-state index contributed by atoms with van der Waals surface area (Å²) < 4.78 is 5.33. The highest BCUT2D eigenvalue weighted by molar-refractivity contribution is 4.89. The van der Waals surface area contributed by atoms with E-state index in [-0.39, 0.29) is 6.04 Å². The summed E-state index contributed by atoms with van der Waals surface area (Å²) in [5.41, 5.74) is -0.563. The minimum Gasteiger partial charge on any atom is -0.388 e. The Morgan fingerprint density at radius 2 is 2.23 bits per heavy atom. The van der Waals surface area contributed by atoms with E-state index in [0.29, 0.717) is 6.61 Å². The van der Waals surface area contributed by atoms with E-state index in [0.717, 1.165) is 32.4 Å². The lowest BCUT2D eigenvalue weighted by Crippen LogP contribution is -2.49. The van der Waals surface area contributed by atoms with Gasteiger partial charge in [0.15, 0.2) is 0 Å². The SMILES string of the molecule is CCNC(C)C1(O)CCCOCC1. The van der Waals surface area contributed by atoms with Crippen LogP contribution in [-0.2, 0) is 4.74 Å². The molecule has 3 nitrogen and oxygen atoms in total. The maximum absolute atomic E-state index is 10.3. The normalized spacial score (nSPS) is 32.5. The molecule has 1 heterocycles. The van der Waals surface area contributed by atoms with Crippen molar-refractivity contribution in [3.05, 3.63) is 0 Å². The van der Waals surface area contributed by atoms with E-state index < -0.39 is 5.60 Å². The van der Waals surface area contributed by atoms with Crippen LogP contribution in [0, 0.1) is 0 Å². The molecule has 0 bridgehead atoms. The molecule has 0 aromatic rings. The average molecular weight is 187 g/mol. The zero-order valence-electron chi connectivity index (χ0n) is 8.68. The molecular weight excluding hydrogens is 166 g/mol. The van der Waals surface area contributed by atoms with E-state index in [1.165, 1.54) is 0 Å². The molecule has 0 aliphatic carbocycles. The average Bonchev–Trinajstić information content (AvgIpc) is 2.32. The Hall–Kier alpha value is -0.120. The third-order valence-corrected chi connectivity index (χ3v) is 2.89. The van der Waals surface area contributed by atoms with Crippen molar-refractivity contribution >= 4 is 0 Å². The van der Waals surface area contributed by atoms with Gasteiger partial charge in [-0.05, 0) is 26.3 Å². The standard InChI is InChI=1S/C10H21NO2/c1-3-11-9(2)10(12)5-4-7-13-8-6-10/h9,11-12H,3-8H2,1-2H3. The first-order valence-corrected chi connectivity index (χ1v) is 5.22. The van der Waals surface area contributed by atoms with Crippen molar-refractivity contribution < 1.29 is 9.84 Å². The Bertz CT molecular complexity index is 142. The predicted molar refractivity (Wildman–Crippen MR) is 52.8 cm³/mol. The van der Waals surface area contributed by atoms with Crippen molar-refractivity contribution in [2.45, 2.75) is 44.8 Å². The van der Waals surface area contributed by atoms with Gasteiger partial charge in [-0.1, -0.05) is 6.92 Å². The summed E-state index contributed by atoms with van der Waals surface area (Å²) in [6, 6.07) is 0.166. The van der Waals surface area contributed by atoms with Crippen molar-refractivity contribution in [2.75, 3.05) is 19.8 Å². The number of likely N-dealkylation sites (N-methyl/N-ethyl adjacent to an activating group) is 1. The lowest BCUT2D eigenvalue weighted by Gasteiger charge is -2.33. The topological polar surface area (TPSA) is 41.5 Å². The molecule has 0 aromatic carbocycles. The molecule has 0 amide bonds. The quantitative estimate of drug-likeness (QED) is 0.690. The smallest absolute Gasteiger partial charge is 0.0820 e. The van der Waals surface area contributed by atoms with Crippen molar-refractivity contribution in [3.8, 4) is 0 Å². The molecule has 1 aliphatic heterocycles. The van der Waals surface area contributed by atoms with Crippen molar-refractivity contribution in [1.82, 2.24) is 5.32 Å². The molecule has 0 saturated carbocycles. The van der Waals surface area contributed by atoms with Crippen LogP contribution < -0.4 is 5.32 Å². The van der Waals surface area contributed by atoms with E-state index in [4.69, 9.17) is 4.74 Å². The molecule has 3 heteroatoms. The van der Waals surface area contributed by atoms with E-state index >= 15 is 0 Å². The Kier molecular flexibility index (Phi) is 4.16. The number of aliphatic hydroxyl groups is 1. The van der Waals surface area contributed by atoms with Gasteiger partial charge < -0.3 is 15.2 Å². The van der Waals surface area contributed by atoms with Crippen molar-refractivity contribution in [1.29, 1.82) is 0 Å². The van der Waals surface area contributed by atoms with Gasteiger partial charge in [0.25, 0.3) is 0 Å². The molecule has 0 radical (unpaired) electrons. The van der Waals surface area contributed by atoms with Gasteiger partial charge in [-0.2, -0.15) is 0 Å². The van der Waals surface area contributed by atoms with E-state index in [1.54, 1.807) is 0 Å². The van der Waals surface area contributed by atoms with E-state index in [2.05, 4.69) is 19.2 Å². The van der Waals surface area contributed by atoms with Gasteiger partial charge >= 0.3 is 0 Å². The summed E-state index contributed by atoms with van der Waals surface area (Å²) in [5, 5.41) is 13.6. The number of hydrogen-bond donors (Lipinski definition) is 2. The summed E-state index contributed by atoms with van der Waals surface area (Å²) in [7, 11) is 0. The first-order chi connectivity index (χ1) is 6.19. The van der Waals surface area contributed by atoms with Crippen LogP contribution in [0.2, 0.25) is 0 Å². The molecule has 1 aliphatic rings. The largest absolute Gasteiger partial charge is 0.388 e. The monoisotopic (exact) mass is 187 g/mol. The molecule has 0 spiro atoms. The Labute approximate surface area is 80.5 Å². The third-order valence-electron chi connectivity index (χ3n) is 2.89. The molecule has 2 atom stereocenters. The lowest BCUT2D eigenvalue weighted by atomic mass is 9.88. The van der Waals surface area contributed by atoms with Crippen LogP contribution in [0.5, 0.6) is 0 Å². The fraction of sp³-hybridized carbons (Fsp3) is 1.00. The molecule has 0 aromatic heterocycles. The zero-order valence-corrected chi connectivity index (χ0v) is 8.68. The number of hydrogen-bond acceptors (Lipinski definition) is 3. The number of ether oxygens (including phenoxy) is 1. The van der Waals surface area contributed by atoms with Gasteiger partial charge in [0, 0.05) is 25.7 Å². The highest BCUT2D eigenvalue weighted by Crippen LogP contribution is 2.24. The van der Waals surface area contributed by atoms with E-state index in [9.17, 15) is 5.11 Å². The van der Waals surface area contributed by atoms with Gasteiger partial charge in [-0.15, -0.1) is 0 Å². The van der Waals surface area contributed by atoms with Crippen LogP contribution in [-0.4, -0.2) is 36.5 Å². The third kappa shape index (κ3) is 2.93. The van der Waals surface area contributed by atoms with Gasteiger partial charge in [-0.3, -0.25) is 0 Å². The first kappa shape index (κ1) is 11.0. The molecule has 2 unspecified atom stereocenters. The molecule has 1 fully saturated rings. The Balaban J connectivity index is 2.49. The Morgan fingerprint density at radius 1 is 1.46 bits per heavy atom. The maximum Gasteiger partial charge on any atom is 0.0820 e. The predicted octanol–water partition coefficient (Wildman–Crippen LogP) is 0.916. The summed E-state index contributed by atoms with van der Waals surface area (Å²) in [6.07, 6.45) is 2.56. The minimum atomic E-state index is -0.563. The van der Waals surface area contributed by atoms with Gasteiger partial charge in [0.1, 0.15) is 0 Å². The van der Waals surface area contributed by atoms with Crippen molar-refractivity contribution in [2.24, 2.45) is 0 Å². The van der Waals surface area contributed by atoms with Crippen LogP contribution in [0.4, 0.5) is 0 Å². The lowest BCUT2D eigenvalue weighted by molar-refractivity contribution is -0.0105. The minimum absolute atomic E-state index is 0.166. The molecule has 2 N–H and O–H groups in total. The Morgan fingerprint density at radius 3 is 2.92 bits per heavy atom. The molecular formula is C10H21NO2. The highest BCUT2D eigenvalue weighted by Gasteiger charge is 2.33. The summed E-state index contributed by atoms with van der Waals surface area (Å²) >= 11 is 0. The molecule has 1 rings (SSSR count). The van der Waals surface area contributed by atoms with Gasteiger partial charge in [-0.25, -0.2) is 0 Å². The van der Waals surface area contributed by atoms with Crippen LogP contribution in [0.25, 0.3) is 0 Å². The summed E-state index contributed by atoms with van der Waals surface area (Å²) in [4.78, 5) is 0. The second-order valence-electron chi connectivity index (χ2n) is 3.85. The van der Waals surface area contributed by atoms with Crippen molar-refractivity contribution in [3.63, 3.8) is 0 Å². The van der Waals surface area contributed by atoms with Gasteiger partial charge in [0.05, 0.1) is 5.60 Å². The van der Waals surface area contributed by atoms with E-state index in [1.807, 2.05) is 0 Å². The maximum atomic E-state index is 10.3. The molecule has 13 heavy (non-hydrogen) atoms. The zero-order chi connectivity index (χ0) is 9.73. The molecule has 1 saturated heterocycles. The van der Waals surface area contributed by atoms with Crippen LogP contribution in [0.1, 0.15) is 33.1 Å². The molecule has 78 valence electrons. The van der Waals surface area contributed by atoms with Crippen LogP contribution in [0.3, 0.4) is 0 Å². The fourth-order valence-corrected chi connectivity index (χ4v) is 1.89. The number of nitrogens with one attached hydrogen (secondary N) is 1. The highest BCUT2D eigenvalue weighted by atomic mass is 16.5. The summed E-state index contributed by atoms with van der Waals surface area (Å²) in [5.74, 6) is 0. The van der Waals surface area contributed by atoms with Gasteiger partial charge in [0.2, 0.25) is 0 Å². The van der Waals surface area contributed by atoms with Crippen LogP contribution in [0.15, 0.2) is 0 Å². The second kappa shape index (κ2) is 4.94. The second-order valence-corrected chi connectivity index (χ2v) is 3.85. The number of rotatable bonds is 3. The van der Waals surface area contributed by atoms with Crippen LogP contribution >= 0.6 is 0 Å². The fourth-order valence-electron chi connectivity index (χ4n) is 1.89.